The summed E-state index contributed by atoms with van der Waals surface area (Å²) in [5.41, 5.74) is 0. The number of hydrogen-bond donors (Lipinski definition) is 1. The summed E-state index contributed by atoms with van der Waals surface area (Å²) in [4.78, 5) is 44.1. The molecule has 1 N–H and O–H groups in total. The Morgan fingerprint density at radius 2 is 0.620 bits per heavy atom. The molecule has 0 fully saturated rings. The van der Waals surface area contributed by atoms with Crippen LogP contribution in [-0.4, -0.2) is 174 Å². The van der Waals surface area contributed by atoms with Gasteiger partial charge in [0.05, 0.1) is 139 Å². The van der Waals surface area contributed by atoms with E-state index in [0.29, 0.717) is 132 Å². The van der Waals surface area contributed by atoms with Crippen molar-refractivity contribution in [3.8, 4) is 0 Å². The average Bonchev–Trinajstić information content (AvgIpc) is 3.10. The lowest BCUT2D eigenvalue weighted by molar-refractivity contribution is -0.151. The second-order valence-corrected chi connectivity index (χ2v) is 10.3. The molecule has 0 aromatic heterocycles. The Morgan fingerprint density at radius 3 is 0.880 bits per heavy atom. The molecule has 17 heteroatoms. The van der Waals surface area contributed by atoms with E-state index in [2.05, 4.69) is 6.92 Å². The number of carbonyl (C=O) groups excluding carboxylic acids is 3. The molecule has 0 rings (SSSR count). The molecule has 50 heavy (non-hydrogen) atoms. The average molecular weight is 729 g/mol. The van der Waals surface area contributed by atoms with E-state index >= 15 is 0 Å². The van der Waals surface area contributed by atoms with Gasteiger partial charge in [0, 0.05) is 12.8 Å². The van der Waals surface area contributed by atoms with E-state index in [9.17, 15) is 19.2 Å². The number of unbranched alkanes of at least 4 members (excludes halogenated alkanes) is 2. The molecule has 0 aliphatic rings. The zero-order chi connectivity index (χ0) is 36.6. The molecule has 0 radical (unpaired) electrons. The van der Waals surface area contributed by atoms with Crippen molar-refractivity contribution in [2.24, 2.45) is 0 Å². The highest BCUT2D eigenvalue weighted by Gasteiger charge is 2.14. The molecule has 0 bridgehead atoms. The number of esters is 2. The Kier molecular flexibility index (Phi) is 37.6. The van der Waals surface area contributed by atoms with Crippen molar-refractivity contribution in [3.05, 3.63) is 0 Å². The highest BCUT2D eigenvalue weighted by atomic mass is 16.6. The summed E-state index contributed by atoms with van der Waals surface area (Å²) in [6, 6.07) is 0. The molecule has 0 spiro atoms. The van der Waals surface area contributed by atoms with E-state index in [1.165, 1.54) is 0 Å². The van der Waals surface area contributed by atoms with Gasteiger partial charge >= 0.3 is 17.9 Å². The van der Waals surface area contributed by atoms with Crippen molar-refractivity contribution in [1.82, 2.24) is 0 Å². The van der Waals surface area contributed by atoms with E-state index in [1.54, 1.807) is 0 Å². The number of aliphatic carboxylic acids is 1. The molecule has 0 unspecified atom stereocenters. The van der Waals surface area contributed by atoms with Gasteiger partial charge in [-0.3, -0.25) is 14.4 Å². The number of ketones is 1. The fraction of sp³-hybridized carbons (Fsp3) is 0.879. The van der Waals surface area contributed by atoms with Gasteiger partial charge in [-0.2, -0.15) is 0 Å². The van der Waals surface area contributed by atoms with Crippen molar-refractivity contribution in [2.45, 2.75) is 45.4 Å². The van der Waals surface area contributed by atoms with Gasteiger partial charge in [0.25, 0.3) is 0 Å². The van der Waals surface area contributed by atoms with Gasteiger partial charge in [-0.1, -0.05) is 19.8 Å². The SMILES string of the molecule is CCCCCC(=O)OCCOCCOCCOCCOCCOCCOCCOCCOCCOCCOCCOC(=O)CCC(=O)C(=O)O. The minimum absolute atomic E-state index is 0.0100. The fourth-order valence-electron chi connectivity index (χ4n) is 3.50. The third-order valence-corrected chi connectivity index (χ3v) is 6.11. The number of rotatable bonds is 41. The fourth-order valence-corrected chi connectivity index (χ4v) is 3.50. The Labute approximate surface area is 295 Å². The van der Waals surface area contributed by atoms with Crippen LogP contribution >= 0.6 is 0 Å². The summed E-state index contributed by atoms with van der Waals surface area (Å²) < 4.78 is 64.0. The van der Waals surface area contributed by atoms with Gasteiger partial charge in [-0.05, 0) is 6.42 Å². The maximum absolute atomic E-state index is 11.5. The van der Waals surface area contributed by atoms with Crippen LogP contribution in [0.5, 0.6) is 0 Å². The van der Waals surface area contributed by atoms with Gasteiger partial charge in [-0.15, -0.1) is 0 Å². The molecule has 294 valence electrons. The molecule has 0 atom stereocenters. The molecule has 0 amide bonds. The summed E-state index contributed by atoms with van der Waals surface area (Å²) in [6.07, 6.45) is 2.78. The van der Waals surface area contributed by atoms with Crippen LogP contribution < -0.4 is 0 Å². The van der Waals surface area contributed by atoms with E-state index in [1.807, 2.05) is 0 Å². The van der Waals surface area contributed by atoms with E-state index in [-0.39, 0.29) is 38.6 Å². The van der Waals surface area contributed by atoms with Crippen LogP contribution in [0, 0.1) is 0 Å². The van der Waals surface area contributed by atoms with E-state index < -0.39 is 17.7 Å². The zero-order valence-corrected chi connectivity index (χ0v) is 29.8. The van der Waals surface area contributed by atoms with Crippen LogP contribution in [0.15, 0.2) is 0 Å². The molecule has 17 nitrogen and oxygen atoms in total. The van der Waals surface area contributed by atoms with E-state index in [4.69, 9.17) is 61.9 Å². The van der Waals surface area contributed by atoms with Gasteiger partial charge in [-0.25, -0.2) is 4.79 Å². The second-order valence-electron chi connectivity index (χ2n) is 10.3. The summed E-state index contributed by atoms with van der Waals surface area (Å²) in [7, 11) is 0. The van der Waals surface area contributed by atoms with Crippen LogP contribution in [0.1, 0.15) is 45.4 Å². The first kappa shape index (κ1) is 47.7. The second kappa shape index (κ2) is 39.5. The first-order valence-electron chi connectivity index (χ1n) is 17.3. The van der Waals surface area contributed by atoms with Gasteiger partial charge in [0.15, 0.2) is 0 Å². The number of Topliss-reactive ketones (excluding diaryl/α,β-unsaturated/α-hetero) is 1. The predicted octanol–water partition coefficient (Wildman–Crippen LogP) is 1.25. The predicted molar refractivity (Wildman–Crippen MR) is 176 cm³/mol. The molecule has 0 aromatic carbocycles. The summed E-state index contributed by atoms with van der Waals surface area (Å²) in [5.74, 6) is -3.42. The number of ether oxygens (including phenoxy) is 12. The van der Waals surface area contributed by atoms with Crippen molar-refractivity contribution in [1.29, 1.82) is 0 Å². The smallest absolute Gasteiger partial charge is 0.372 e. The Morgan fingerprint density at radius 1 is 0.360 bits per heavy atom. The number of carboxylic acid groups (broad SMARTS) is 1. The van der Waals surface area contributed by atoms with Gasteiger partial charge < -0.3 is 61.9 Å². The summed E-state index contributed by atoms with van der Waals surface area (Å²) >= 11 is 0. The summed E-state index contributed by atoms with van der Waals surface area (Å²) in [6.45, 7) is 10.8. The van der Waals surface area contributed by atoms with Crippen molar-refractivity contribution in [2.75, 3.05) is 145 Å². The third kappa shape index (κ3) is 38.5. The summed E-state index contributed by atoms with van der Waals surface area (Å²) in [5, 5.41) is 8.44. The van der Waals surface area contributed by atoms with Crippen molar-refractivity contribution >= 4 is 23.7 Å². The van der Waals surface area contributed by atoms with Crippen molar-refractivity contribution in [3.63, 3.8) is 0 Å². The molecule has 0 heterocycles. The molecule has 0 saturated carbocycles. The van der Waals surface area contributed by atoms with Gasteiger partial charge in [0.1, 0.15) is 13.2 Å². The number of hydrogen-bond acceptors (Lipinski definition) is 16. The normalized spacial score (nSPS) is 11.1. The molecular formula is C33H60O17. The molecular weight excluding hydrogens is 668 g/mol. The molecule has 0 aliphatic heterocycles. The minimum atomic E-state index is -1.57. The minimum Gasteiger partial charge on any atom is -0.476 e. The maximum atomic E-state index is 11.5. The largest absolute Gasteiger partial charge is 0.476 e. The molecule has 0 aromatic rings. The quantitative estimate of drug-likeness (QED) is 0.0535. The van der Waals surface area contributed by atoms with Crippen LogP contribution in [-0.2, 0) is 76.0 Å². The topological polar surface area (TPSA) is 199 Å². The number of carbonyl (C=O) groups is 4. The molecule has 0 aliphatic carbocycles. The third-order valence-electron chi connectivity index (χ3n) is 6.11. The zero-order valence-electron chi connectivity index (χ0n) is 29.8. The van der Waals surface area contributed by atoms with Crippen LogP contribution in [0.4, 0.5) is 0 Å². The first-order chi connectivity index (χ1) is 24.5. The highest BCUT2D eigenvalue weighted by Crippen LogP contribution is 2.00. The van der Waals surface area contributed by atoms with E-state index in [0.717, 1.165) is 19.3 Å². The Bertz CT molecular complexity index is 798. The maximum Gasteiger partial charge on any atom is 0.372 e. The Balaban J connectivity index is 3.14. The first-order valence-corrected chi connectivity index (χ1v) is 17.3. The standard InChI is InChI=1S/C33H60O17/c1-2-3-4-5-31(35)49-28-26-47-24-22-45-20-18-43-16-14-41-12-10-39-8-9-40-11-13-42-15-17-44-19-21-46-23-25-48-27-29-50-32(36)7-6-30(34)33(37)38/h2-29H2,1H3,(H,37,38). The lowest BCUT2D eigenvalue weighted by Gasteiger charge is -2.09. The van der Waals surface area contributed by atoms with Crippen LogP contribution in [0.2, 0.25) is 0 Å². The monoisotopic (exact) mass is 728 g/mol. The van der Waals surface area contributed by atoms with Crippen LogP contribution in [0.3, 0.4) is 0 Å². The van der Waals surface area contributed by atoms with Gasteiger partial charge in [0.2, 0.25) is 5.78 Å². The molecule has 0 saturated heterocycles. The van der Waals surface area contributed by atoms with Crippen LogP contribution in [0.25, 0.3) is 0 Å². The highest BCUT2D eigenvalue weighted by molar-refractivity contribution is 6.32. The Hall–Kier alpha value is -2.32. The lowest BCUT2D eigenvalue weighted by Crippen LogP contribution is -2.17. The van der Waals surface area contributed by atoms with Crippen molar-refractivity contribution < 1.29 is 81.1 Å². The number of carboxylic acids is 1. The lowest BCUT2D eigenvalue weighted by atomic mass is 10.2.